The van der Waals surface area contributed by atoms with E-state index in [-0.39, 0.29) is 0 Å². The number of nitrogens with zero attached hydrogens (tertiary/aromatic N) is 2. The maximum absolute atomic E-state index is 5.49. The van der Waals surface area contributed by atoms with Gasteiger partial charge in [-0.15, -0.1) is 0 Å². The van der Waals surface area contributed by atoms with Crippen molar-refractivity contribution in [3.63, 3.8) is 0 Å². The number of nitrogens with one attached hydrogen (secondary N) is 2. The van der Waals surface area contributed by atoms with Gasteiger partial charge < -0.3 is 10.7 Å². The molecule has 1 heterocycles. The normalized spacial score (nSPS) is 22.6. The first-order valence-electron chi connectivity index (χ1n) is 7.79. The number of hydrazine groups is 1. The number of hydrogen-bond donors (Lipinski definition) is 3. The largest absolute Gasteiger partial charge is 0.370 e. The molecule has 0 aliphatic heterocycles. The number of rotatable bonds is 6. The Balaban J connectivity index is 1.87. The summed E-state index contributed by atoms with van der Waals surface area (Å²) in [5, 5.41) is 3.45. The molecule has 1 aliphatic rings. The molecular formula is C15H27N5. The van der Waals surface area contributed by atoms with Gasteiger partial charge in [0.1, 0.15) is 18.0 Å². The smallest absolute Gasteiger partial charge is 0.148 e. The first-order valence-corrected chi connectivity index (χ1v) is 7.79. The monoisotopic (exact) mass is 277 g/mol. The summed E-state index contributed by atoms with van der Waals surface area (Å²) in [5.41, 5.74) is 3.70. The van der Waals surface area contributed by atoms with Gasteiger partial charge in [-0.2, -0.15) is 0 Å². The fraction of sp³-hybridized carbons (Fsp3) is 0.733. The number of hydrogen-bond acceptors (Lipinski definition) is 5. The van der Waals surface area contributed by atoms with Gasteiger partial charge in [0.2, 0.25) is 0 Å². The lowest BCUT2D eigenvalue weighted by Gasteiger charge is -2.26. The highest BCUT2D eigenvalue weighted by atomic mass is 15.3. The van der Waals surface area contributed by atoms with Gasteiger partial charge in [-0.1, -0.05) is 33.1 Å². The average Bonchev–Trinajstić information content (AvgIpc) is 2.47. The highest BCUT2D eigenvalue weighted by Gasteiger charge is 2.18. The fourth-order valence-electron chi connectivity index (χ4n) is 3.24. The summed E-state index contributed by atoms with van der Waals surface area (Å²) >= 11 is 0. The van der Waals surface area contributed by atoms with Gasteiger partial charge in [-0.3, -0.25) is 0 Å². The van der Waals surface area contributed by atoms with Crippen molar-refractivity contribution in [2.45, 2.75) is 52.4 Å². The quantitative estimate of drug-likeness (QED) is 0.550. The van der Waals surface area contributed by atoms with Crippen molar-refractivity contribution in [2.24, 2.45) is 17.7 Å². The summed E-state index contributed by atoms with van der Waals surface area (Å²) in [7, 11) is 0. The first kappa shape index (κ1) is 15.0. The molecule has 20 heavy (non-hydrogen) atoms. The molecule has 0 radical (unpaired) electrons. The maximum atomic E-state index is 5.49. The summed E-state index contributed by atoms with van der Waals surface area (Å²) in [4.78, 5) is 8.49. The Bertz CT molecular complexity index is 421. The maximum Gasteiger partial charge on any atom is 0.148 e. The van der Waals surface area contributed by atoms with Crippen LogP contribution in [0.2, 0.25) is 0 Å². The third-order valence-corrected chi connectivity index (χ3v) is 4.33. The third-order valence-electron chi connectivity index (χ3n) is 4.33. The Morgan fingerprint density at radius 3 is 2.80 bits per heavy atom. The molecule has 1 fully saturated rings. The van der Waals surface area contributed by atoms with E-state index in [1.165, 1.54) is 32.1 Å². The predicted molar refractivity (Wildman–Crippen MR) is 83.4 cm³/mol. The van der Waals surface area contributed by atoms with Crippen LogP contribution in [-0.4, -0.2) is 16.5 Å². The van der Waals surface area contributed by atoms with E-state index < -0.39 is 0 Å². The topological polar surface area (TPSA) is 75.9 Å². The Kier molecular flexibility index (Phi) is 5.59. The zero-order chi connectivity index (χ0) is 14.4. The van der Waals surface area contributed by atoms with Crippen molar-refractivity contribution in [3.05, 3.63) is 11.9 Å². The minimum absolute atomic E-state index is 0.719. The van der Waals surface area contributed by atoms with Crippen LogP contribution in [0.4, 0.5) is 11.6 Å². The molecule has 5 heteroatoms. The second-order valence-corrected chi connectivity index (χ2v) is 5.90. The van der Waals surface area contributed by atoms with Crippen LogP contribution in [-0.2, 0) is 6.42 Å². The van der Waals surface area contributed by atoms with Crippen LogP contribution in [0.5, 0.6) is 0 Å². The molecule has 1 aromatic heterocycles. The molecule has 0 amide bonds. The minimum atomic E-state index is 0.719. The van der Waals surface area contributed by atoms with E-state index in [2.05, 4.69) is 34.6 Å². The van der Waals surface area contributed by atoms with Crippen molar-refractivity contribution < 1.29 is 0 Å². The predicted octanol–water partition coefficient (Wildman–Crippen LogP) is 2.95. The van der Waals surface area contributed by atoms with E-state index >= 15 is 0 Å². The summed E-state index contributed by atoms with van der Waals surface area (Å²) in [6, 6.07) is 0. The molecule has 112 valence electrons. The molecule has 5 nitrogen and oxygen atoms in total. The van der Waals surface area contributed by atoms with Gasteiger partial charge in [-0.25, -0.2) is 15.8 Å². The van der Waals surface area contributed by atoms with Crippen molar-refractivity contribution in [1.82, 2.24) is 9.97 Å². The second kappa shape index (κ2) is 7.43. The number of nitrogens with two attached hydrogens (primary N) is 1. The van der Waals surface area contributed by atoms with Gasteiger partial charge in [-0.05, 0) is 31.1 Å². The summed E-state index contributed by atoms with van der Waals surface area (Å²) < 4.78 is 0. The van der Waals surface area contributed by atoms with E-state index in [0.717, 1.165) is 42.0 Å². The molecule has 1 saturated carbocycles. The Morgan fingerprint density at radius 2 is 2.10 bits per heavy atom. The Labute approximate surface area is 121 Å². The van der Waals surface area contributed by atoms with Crippen LogP contribution >= 0.6 is 0 Å². The van der Waals surface area contributed by atoms with Gasteiger partial charge in [0, 0.05) is 12.1 Å². The summed E-state index contributed by atoms with van der Waals surface area (Å²) in [6.45, 7) is 5.44. The van der Waals surface area contributed by atoms with Crippen molar-refractivity contribution in [3.8, 4) is 0 Å². The van der Waals surface area contributed by atoms with Gasteiger partial charge in [0.05, 0.1) is 0 Å². The SMILES string of the molecule is CCc1c(NN)ncnc1NCCC1CCCC(C)C1. The van der Waals surface area contributed by atoms with Crippen LogP contribution in [0.3, 0.4) is 0 Å². The van der Waals surface area contributed by atoms with Gasteiger partial charge in [0.15, 0.2) is 0 Å². The molecule has 0 aromatic carbocycles. The molecule has 4 N–H and O–H groups in total. The van der Waals surface area contributed by atoms with Crippen LogP contribution in [0, 0.1) is 11.8 Å². The van der Waals surface area contributed by atoms with Crippen LogP contribution in [0.1, 0.15) is 51.5 Å². The number of nitrogen functional groups attached to an aromatic ring is 1. The lowest BCUT2D eigenvalue weighted by Crippen LogP contribution is -2.18. The molecule has 0 bridgehead atoms. The average molecular weight is 277 g/mol. The molecule has 2 rings (SSSR count). The van der Waals surface area contributed by atoms with Crippen LogP contribution in [0.25, 0.3) is 0 Å². The number of anilines is 2. The minimum Gasteiger partial charge on any atom is -0.370 e. The molecular weight excluding hydrogens is 250 g/mol. The molecule has 0 spiro atoms. The van der Waals surface area contributed by atoms with Crippen LogP contribution in [0.15, 0.2) is 6.33 Å². The molecule has 1 aliphatic carbocycles. The van der Waals surface area contributed by atoms with Gasteiger partial charge in [0.25, 0.3) is 0 Å². The zero-order valence-corrected chi connectivity index (χ0v) is 12.7. The third kappa shape index (κ3) is 3.82. The lowest BCUT2D eigenvalue weighted by atomic mass is 9.81. The van der Waals surface area contributed by atoms with E-state index in [4.69, 9.17) is 5.84 Å². The summed E-state index contributed by atoms with van der Waals surface area (Å²) in [6.07, 6.45) is 9.20. The Hall–Kier alpha value is -1.36. The molecule has 0 saturated heterocycles. The molecule has 2 atom stereocenters. The second-order valence-electron chi connectivity index (χ2n) is 5.90. The fourth-order valence-corrected chi connectivity index (χ4v) is 3.24. The molecule has 1 aromatic rings. The van der Waals surface area contributed by atoms with E-state index in [0.29, 0.717) is 0 Å². The summed E-state index contributed by atoms with van der Waals surface area (Å²) in [5.74, 6) is 8.88. The van der Waals surface area contributed by atoms with E-state index in [1.807, 2.05) is 0 Å². The van der Waals surface area contributed by atoms with Crippen molar-refractivity contribution in [2.75, 3.05) is 17.3 Å². The van der Waals surface area contributed by atoms with Crippen molar-refractivity contribution in [1.29, 1.82) is 0 Å². The standard InChI is InChI=1S/C15H27N5/c1-3-13-14(18-10-19-15(13)20-16)17-8-7-12-6-4-5-11(2)9-12/h10-12H,3-9,16H2,1-2H3,(H2,17,18,19,20). The first-order chi connectivity index (χ1) is 9.74. The lowest BCUT2D eigenvalue weighted by molar-refractivity contribution is 0.274. The zero-order valence-electron chi connectivity index (χ0n) is 12.7. The highest BCUT2D eigenvalue weighted by molar-refractivity contribution is 5.56. The molecule has 2 unspecified atom stereocenters. The number of aromatic nitrogens is 2. The van der Waals surface area contributed by atoms with Crippen LogP contribution < -0.4 is 16.6 Å². The Morgan fingerprint density at radius 1 is 1.30 bits per heavy atom. The van der Waals surface area contributed by atoms with Gasteiger partial charge >= 0.3 is 0 Å². The van der Waals surface area contributed by atoms with Crippen molar-refractivity contribution >= 4 is 11.6 Å². The van der Waals surface area contributed by atoms with E-state index in [9.17, 15) is 0 Å². The highest BCUT2D eigenvalue weighted by Crippen LogP contribution is 2.30. The van der Waals surface area contributed by atoms with E-state index in [1.54, 1.807) is 6.33 Å².